The Labute approximate surface area is 64.8 Å². The second kappa shape index (κ2) is 2.74. The van der Waals surface area contributed by atoms with E-state index in [2.05, 4.69) is 11.9 Å². The Bertz CT molecular complexity index is 265. The number of hydrogen-bond donors (Lipinski definition) is 0. The Morgan fingerprint density at radius 1 is 1.73 bits per heavy atom. The molecule has 1 rings (SSSR count). The van der Waals surface area contributed by atoms with Crippen molar-refractivity contribution < 1.29 is 9.21 Å². The molecule has 0 aliphatic rings. The number of carbonyl (C=O) groups excluding carboxylic acids is 1. The van der Waals surface area contributed by atoms with Gasteiger partial charge in [-0.1, -0.05) is 0 Å². The van der Waals surface area contributed by atoms with Gasteiger partial charge in [-0.3, -0.25) is 4.79 Å². The van der Waals surface area contributed by atoms with Crippen LogP contribution in [0.2, 0.25) is 0 Å². The molecule has 0 unspecified atom stereocenters. The van der Waals surface area contributed by atoms with Gasteiger partial charge in [0.2, 0.25) is 0 Å². The molecule has 0 spiro atoms. The third-order valence-electron chi connectivity index (χ3n) is 1.18. The molecule has 4 nitrogen and oxygen atoms in total. The van der Waals surface area contributed by atoms with Gasteiger partial charge in [-0.05, 0) is 0 Å². The Morgan fingerprint density at radius 3 is 2.73 bits per heavy atom. The van der Waals surface area contributed by atoms with Crippen molar-refractivity contribution in [2.75, 3.05) is 14.1 Å². The predicted molar refractivity (Wildman–Crippen MR) is 39.0 cm³/mol. The standard InChI is InChI=1S/C7H9N2O2/c1-5-8-6(4-11-5)7(10)9(2)3/h4H,1H2,2-3H3. The number of nitrogens with zero attached hydrogens (tertiary/aromatic N) is 2. The molecule has 59 valence electrons. The lowest BCUT2D eigenvalue weighted by molar-refractivity contribution is 0.0822. The summed E-state index contributed by atoms with van der Waals surface area (Å²) in [5, 5.41) is 0. The lowest BCUT2D eigenvalue weighted by Crippen LogP contribution is -2.21. The normalized spacial score (nSPS) is 9.73. The van der Waals surface area contributed by atoms with E-state index in [1.165, 1.54) is 11.2 Å². The van der Waals surface area contributed by atoms with E-state index in [1.807, 2.05) is 0 Å². The number of aromatic nitrogens is 1. The van der Waals surface area contributed by atoms with Crippen molar-refractivity contribution in [3.63, 3.8) is 0 Å². The van der Waals surface area contributed by atoms with Crippen molar-refractivity contribution in [1.82, 2.24) is 9.88 Å². The average Bonchev–Trinajstić information content (AvgIpc) is 2.34. The topological polar surface area (TPSA) is 46.3 Å². The molecule has 0 fully saturated rings. The molecule has 1 aromatic rings. The maximum absolute atomic E-state index is 11.1. The van der Waals surface area contributed by atoms with Crippen LogP contribution in [-0.2, 0) is 0 Å². The van der Waals surface area contributed by atoms with Crippen LogP contribution in [0.5, 0.6) is 0 Å². The zero-order valence-electron chi connectivity index (χ0n) is 6.50. The molecule has 0 atom stereocenters. The average molecular weight is 153 g/mol. The van der Waals surface area contributed by atoms with E-state index in [0.717, 1.165) is 0 Å². The third-order valence-corrected chi connectivity index (χ3v) is 1.18. The summed E-state index contributed by atoms with van der Waals surface area (Å²) in [4.78, 5) is 16.3. The van der Waals surface area contributed by atoms with Crippen molar-refractivity contribution >= 4 is 5.91 Å². The molecule has 1 radical (unpaired) electrons. The van der Waals surface area contributed by atoms with Crippen LogP contribution in [-0.4, -0.2) is 29.9 Å². The van der Waals surface area contributed by atoms with Gasteiger partial charge in [0.25, 0.3) is 5.91 Å². The van der Waals surface area contributed by atoms with Crippen LogP contribution in [0, 0.1) is 6.92 Å². The van der Waals surface area contributed by atoms with Gasteiger partial charge in [0.05, 0.1) is 0 Å². The van der Waals surface area contributed by atoms with Crippen molar-refractivity contribution in [1.29, 1.82) is 0 Å². The SMILES string of the molecule is [CH2]c1nc(C(=O)N(C)C)co1. The first-order valence-corrected chi connectivity index (χ1v) is 3.10. The summed E-state index contributed by atoms with van der Waals surface area (Å²) in [7, 11) is 3.31. The minimum absolute atomic E-state index is 0.177. The molecule has 0 aliphatic carbocycles. The first kappa shape index (κ1) is 7.78. The van der Waals surface area contributed by atoms with Crippen LogP contribution >= 0.6 is 0 Å². The highest BCUT2D eigenvalue weighted by molar-refractivity contribution is 5.91. The molecule has 1 amide bonds. The van der Waals surface area contributed by atoms with Gasteiger partial charge >= 0.3 is 0 Å². The predicted octanol–water partition coefficient (Wildman–Crippen LogP) is 0.559. The fraction of sp³-hybridized carbons (Fsp3) is 0.286. The number of rotatable bonds is 1. The Hall–Kier alpha value is -1.32. The monoisotopic (exact) mass is 153 g/mol. The second-order valence-electron chi connectivity index (χ2n) is 2.33. The minimum atomic E-state index is -0.177. The maximum Gasteiger partial charge on any atom is 0.275 e. The van der Waals surface area contributed by atoms with E-state index in [0.29, 0.717) is 5.69 Å². The Morgan fingerprint density at radius 2 is 2.36 bits per heavy atom. The molecule has 0 aromatic carbocycles. The van der Waals surface area contributed by atoms with Gasteiger partial charge in [0.15, 0.2) is 11.6 Å². The first-order chi connectivity index (χ1) is 5.11. The highest BCUT2D eigenvalue weighted by Crippen LogP contribution is 2.01. The van der Waals surface area contributed by atoms with E-state index in [1.54, 1.807) is 14.1 Å². The van der Waals surface area contributed by atoms with E-state index in [4.69, 9.17) is 4.42 Å². The third kappa shape index (κ3) is 1.58. The lowest BCUT2D eigenvalue weighted by Gasteiger charge is -2.05. The smallest absolute Gasteiger partial charge is 0.275 e. The van der Waals surface area contributed by atoms with Gasteiger partial charge in [-0.2, -0.15) is 0 Å². The maximum atomic E-state index is 11.1. The molecule has 0 N–H and O–H groups in total. The molecule has 0 saturated carbocycles. The highest BCUT2D eigenvalue weighted by Gasteiger charge is 2.11. The molecule has 1 heterocycles. The quantitative estimate of drug-likeness (QED) is 0.592. The molecular weight excluding hydrogens is 144 g/mol. The number of hydrogen-bond acceptors (Lipinski definition) is 3. The molecule has 1 aromatic heterocycles. The lowest BCUT2D eigenvalue weighted by atomic mass is 10.4. The summed E-state index contributed by atoms with van der Waals surface area (Å²) in [6.07, 6.45) is 1.30. The summed E-state index contributed by atoms with van der Waals surface area (Å²) >= 11 is 0. The van der Waals surface area contributed by atoms with Gasteiger partial charge in [-0.25, -0.2) is 4.98 Å². The highest BCUT2D eigenvalue weighted by atomic mass is 16.3. The van der Waals surface area contributed by atoms with E-state index in [9.17, 15) is 4.79 Å². The summed E-state index contributed by atoms with van der Waals surface area (Å²) in [6.45, 7) is 3.43. The second-order valence-corrected chi connectivity index (χ2v) is 2.33. The van der Waals surface area contributed by atoms with E-state index >= 15 is 0 Å². The number of oxazole rings is 1. The molecular formula is C7H9N2O2. The molecule has 0 saturated heterocycles. The zero-order valence-corrected chi connectivity index (χ0v) is 6.50. The molecule has 11 heavy (non-hydrogen) atoms. The van der Waals surface area contributed by atoms with Crippen LogP contribution in [0.15, 0.2) is 10.7 Å². The van der Waals surface area contributed by atoms with Crippen LogP contribution in [0.1, 0.15) is 16.4 Å². The Kier molecular flexibility index (Phi) is 1.94. The first-order valence-electron chi connectivity index (χ1n) is 3.10. The Balaban J connectivity index is 2.85. The van der Waals surface area contributed by atoms with Crippen molar-refractivity contribution in [3.05, 3.63) is 24.8 Å². The number of amides is 1. The largest absolute Gasteiger partial charge is 0.448 e. The summed E-state index contributed by atoms with van der Waals surface area (Å²) in [6, 6.07) is 0. The summed E-state index contributed by atoms with van der Waals surface area (Å²) in [5.74, 6) is 0.0823. The fourth-order valence-corrected chi connectivity index (χ4v) is 0.638. The van der Waals surface area contributed by atoms with Crippen LogP contribution in [0.25, 0.3) is 0 Å². The molecule has 0 bridgehead atoms. The fourth-order valence-electron chi connectivity index (χ4n) is 0.638. The molecule has 0 aliphatic heterocycles. The zero-order chi connectivity index (χ0) is 8.43. The number of carbonyl (C=O) groups is 1. The van der Waals surface area contributed by atoms with E-state index in [-0.39, 0.29) is 11.8 Å². The van der Waals surface area contributed by atoms with Gasteiger partial charge in [0, 0.05) is 21.0 Å². The van der Waals surface area contributed by atoms with Gasteiger partial charge in [0.1, 0.15) is 6.26 Å². The molecule has 4 heteroatoms. The van der Waals surface area contributed by atoms with Crippen LogP contribution in [0.3, 0.4) is 0 Å². The van der Waals surface area contributed by atoms with Crippen molar-refractivity contribution in [3.8, 4) is 0 Å². The summed E-state index contributed by atoms with van der Waals surface area (Å²) in [5.41, 5.74) is 0.292. The van der Waals surface area contributed by atoms with E-state index < -0.39 is 0 Å². The van der Waals surface area contributed by atoms with Crippen molar-refractivity contribution in [2.45, 2.75) is 0 Å². The van der Waals surface area contributed by atoms with Crippen molar-refractivity contribution in [2.24, 2.45) is 0 Å². The van der Waals surface area contributed by atoms with Gasteiger partial charge < -0.3 is 9.32 Å². The summed E-state index contributed by atoms with van der Waals surface area (Å²) < 4.78 is 4.77. The minimum Gasteiger partial charge on any atom is -0.448 e. The van der Waals surface area contributed by atoms with Crippen LogP contribution in [0.4, 0.5) is 0 Å². The van der Waals surface area contributed by atoms with Crippen LogP contribution < -0.4 is 0 Å². The van der Waals surface area contributed by atoms with Gasteiger partial charge in [-0.15, -0.1) is 0 Å².